The molecule has 0 amide bonds. The van der Waals surface area contributed by atoms with E-state index < -0.39 is 0 Å². The van der Waals surface area contributed by atoms with Crippen LogP contribution < -0.4 is 4.74 Å². The average Bonchev–Trinajstić information content (AvgIpc) is 2.88. The molecule has 0 N–H and O–H groups in total. The first-order valence-electron chi connectivity index (χ1n) is 13.6. The van der Waals surface area contributed by atoms with Gasteiger partial charge in [-0.1, -0.05) is 43.3 Å². The quantitative estimate of drug-likeness (QED) is 0.296. The van der Waals surface area contributed by atoms with Gasteiger partial charge >= 0.3 is 0 Å². The third-order valence-corrected chi connectivity index (χ3v) is 11.7. The Hall–Kier alpha value is -2.52. The fourth-order valence-electron chi connectivity index (χ4n) is 7.63. The fraction of sp³-hybridized carbons (Fsp3) is 0.424. The average molecular weight is 498 g/mol. The Morgan fingerprint density at radius 1 is 0.833 bits per heavy atom. The second-order valence-corrected chi connectivity index (χ2v) is 13.7. The highest BCUT2D eigenvalue weighted by atomic mass is 32.2. The van der Waals surface area contributed by atoms with Gasteiger partial charge in [0.1, 0.15) is 12.4 Å². The van der Waals surface area contributed by atoms with Crippen molar-refractivity contribution in [2.24, 2.45) is 29.1 Å². The number of benzene rings is 3. The predicted octanol–water partition coefficient (Wildman–Crippen LogP) is 7.89. The third kappa shape index (κ3) is 4.52. The number of rotatable bonds is 8. The van der Waals surface area contributed by atoms with Crippen LogP contribution in [-0.2, 0) is 15.7 Å². The van der Waals surface area contributed by atoms with Crippen molar-refractivity contribution in [2.45, 2.75) is 67.1 Å². The van der Waals surface area contributed by atoms with E-state index >= 15 is 0 Å². The van der Waals surface area contributed by atoms with E-state index in [1.807, 2.05) is 6.07 Å². The Labute approximate surface area is 218 Å². The van der Waals surface area contributed by atoms with Gasteiger partial charge in [-0.15, -0.1) is 0 Å². The first-order chi connectivity index (χ1) is 17.5. The molecule has 4 aliphatic carbocycles. The highest BCUT2D eigenvalue weighted by Crippen LogP contribution is 2.63. The SMILES string of the molecule is Cc1cc(OCC(=O)CC2(C)C3CC4CC(C3)CC2C4)ccc1[S+](c1ccccc1)c1ccccc1. The van der Waals surface area contributed by atoms with Gasteiger partial charge in [0.2, 0.25) is 0 Å². The van der Waals surface area contributed by atoms with Gasteiger partial charge in [0.05, 0.1) is 10.9 Å². The Kier molecular flexibility index (Phi) is 6.46. The Morgan fingerprint density at radius 3 is 1.92 bits per heavy atom. The summed E-state index contributed by atoms with van der Waals surface area (Å²) in [6, 6.07) is 27.8. The first kappa shape index (κ1) is 23.9. The number of aryl methyl sites for hydroxylation is 1. The maximum Gasteiger partial charge on any atom is 0.170 e. The molecule has 186 valence electrons. The lowest BCUT2D eigenvalue weighted by molar-refractivity contribution is -0.137. The van der Waals surface area contributed by atoms with Crippen molar-refractivity contribution >= 4 is 16.7 Å². The van der Waals surface area contributed by atoms with E-state index in [-0.39, 0.29) is 28.7 Å². The summed E-state index contributed by atoms with van der Waals surface area (Å²) >= 11 is 0. The molecule has 3 heteroatoms. The van der Waals surface area contributed by atoms with Crippen molar-refractivity contribution in [1.29, 1.82) is 0 Å². The summed E-state index contributed by atoms with van der Waals surface area (Å²) in [5.41, 5.74) is 1.39. The molecule has 3 aromatic carbocycles. The number of hydrogen-bond donors (Lipinski definition) is 0. The van der Waals surface area contributed by atoms with Gasteiger partial charge in [-0.25, -0.2) is 0 Å². The number of ketones is 1. The van der Waals surface area contributed by atoms with Gasteiger partial charge in [0.25, 0.3) is 0 Å². The summed E-state index contributed by atoms with van der Waals surface area (Å²) < 4.78 is 6.09. The molecule has 0 atom stereocenters. The van der Waals surface area contributed by atoms with Gasteiger partial charge < -0.3 is 4.74 Å². The summed E-state index contributed by atoms with van der Waals surface area (Å²) in [5, 5.41) is 0. The van der Waals surface area contributed by atoms with E-state index in [4.69, 9.17) is 4.74 Å². The molecule has 4 saturated carbocycles. The first-order valence-corrected chi connectivity index (χ1v) is 14.8. The van der Waals surface area contributed by atoms with Crippen LogP contribution in [0.15, 0.2) is 93.5 Å². The van der Waals surface area contributed by atoms with E-state index in [2.05, 4.69) is 86.6 Å². The predicted molar refractivity (Wildman–Crippen MR) is 146 cm³/mol. The zero-order chi connectivity index (χ0) is 24.7. The number of Topliss-reactive ketones (excluding diaryl/α,β-unsaturated/α-hetero) is 1. The van der Waals surface area contributed by atoms with Gasteiger partial charge in [0, 0.05) is 12.0 Å². The van der Waals surface area contributed by atoms with E-state index in [9.17, 15) is 4.79 Å². The molecule has 0 saturated heterocycles. The van der Waals surface area contributed by atoms with E-state index in [1.165, 1.54) is 52.4 Å². The summed E-state index contributed by atoms with van der Waals surface area (Å²) in [7, 11) is -0.183. The molecule has 36 heavy (non-hydrogen) atoms. The molecule has 2 nitrogen and oxygen atoms in total. The number of ether oxygens (including phenoxy) is 1. The van der Waals surface area contributed by atoms with Crippen molar-refractivity contribution in [2.75, 3.05) is 6.61 Å². The lowest BCUT2D eigenvalue weighted by atomic mass is 9.45. The molecule has 0 aromatic heterocycles. The van der Waals surface area contributed by atoms with Crippen LogP contribution in [0.4, 0.5) is 0 Å². The fourth-order valence-corrected chi connectivity index (χ4v) is 9.86. The topological polar surface area (TPSA) is 26.3 Å². The molecule has 7 rings (SSSR count). The van der Waals surface area contributed by atoms with Gasteiger partial charge in [0.15, 0.2) is 20.5 Å². The smallest absolute Gasteiger partial charge is 0.170 e. The summed E-state index contributed by atoms with van der Waals surface area (Å²) in [6.07, 6.45) is 7.54. The van der Waals surface area contributed by atoms with Crippen molar-refractivity contribution in [3.8, 4) is 5.75 Å². The van der Waals surface area contributed by atoms with Crippen LogP contribution in [0.2, 0.25) is 0 Å². The highest BCUT2D eigenvalue weighted by molar-refractivity contribution is 7.97. The largest absolute Gasteiger partial charge is 0.486 e. The summed E-state index contributed by atoms with van der Waals surface area (Å²) in [5.74, 6) is 4.42. The van der Waals surface area contributed by atoms with E-state index in [0.717, 1.165) is 29.4 Å². The maximum atomic E-state index is 13.1. The number of carbonyl (C=O) groups is 1. The second kappa shape index (κ2) is 9.74. The third-order valence-electron chi connectivity index (χ3n) is 9.31. The maximum absolute atomic E-state index is 13.1. The normalized spacial score (nSPS) is 28.4. The van der Waals surface area contributed by atoms with Crippen molar-refractivity contribution in [3.63, 3.8) is 0 Å². The molecule has 0 spiro atoms. The molecular formula is C33H37O2S+. The van der Waals surface area contributed by atoms with Gasteiger partial charge in [-0.3, -0.25) is 4.79 Å². The molecule has 0 heterocycles. The monoisotopic (exact) mass is 497 g/mol. The minimum atomic E-state index is -0.183. The van der Waals surface area contributed by atoms with Crippen LogP contribution in [0.25, 0.3) is 0 Å². The zero-order valence-corrected chi connectivity index (χ0v) is 22.3. The standard InChI is InChI=1S/C33H37O2S/c1-23-15-29(13-14-32(23)36(30-9-5-3-6-10-30)31-11-7-4-8-12-31)35-22-28(34)21-33(2)26-17-24-16-25(19-26)20-27(33)18-24/h3-15,24-27H,16-22H2,1-2H3/q+1. The highest BCUT2D eigenvalue weighted by Gasteiger charge is 2.55. The minimum Gasteiger partial charge on any atom is -0.486 e. The lowest BCUT2D eigenvalue weighted by Crippen LogP contribution is -2.52. The minimum absolute atomic E-state index is 0.183. The number of hydrogen-bond acceptors (Lipinski definition) is 2. The Bertz CT molecular complexity index is 1150. The molecule has 0 radical (unpaired) electrons. The van der Waals surface area contributed by atoms with E-state index in [1.54, 1.807) is 0 Å². The van der Waals surface area contributed by atoms with Crippen LogP contribution in [0, 0.1) is 36.0 Å². The van der Waals surface area contributed by atoms with Gasteiger partial charge in [-0.05, 0) is 111 Å². The zero-order valence-electron chi connectivity index (χ0n) is 21.5. The van der Waals surface area contributed by atoms with Crippen LogP contribution in [0.5, 0.6) is 5.75 Å². The van der Waals surface area contributed by atoms with Crippen LogP contribution in [-0.4, -0.2) is 12.4 Å². The molecule has 4 aliphatic rings. The van der Waals surface area contributed by atoms with Crippen LogP contribution in [0.3, 0.4) is 0 Å². The molecule has 0 aliphatic heterocycles. The Morgan fingerprint density at radius 2 is 1.39 bits per heavy atom. The molecule has 3 aromatic rings. The van der Waals surface area contributed by atoms with Gasteiger partial charge in [-0.2, -0.15) is 0 Å². The molecule has 4 fully saturated rings. The molecule has 0 unspecified atom stereocenters. The molecular weight excluding hydrogens is 460 g/mol. The van der Waals surface area contributed by atoms with Crippen molar-refractivity contribution in [1.82, 2.24) is 0 Å². The molecule has 4 bridgehead atoms. The van der Waals surface area contributed by atoms with Crippen molar-refractivity contribution < 1.29 is 9.53 Å². The number of carbonyl (C=O) groups excluding carboxylic acids is 1. The lowest BCUT2D eigenvalue weighted by Gasteiger charge is -2.60. The second-order valence-electron chi connectivity index (χ2n) is 11.7. The summed E-state index contributed by atoms with van der Waals surface area (Å²) in [6.45, 7) is 4.75. The Balaban J connectivity index is 1.15. The van der Waals surface area contributed by atoms with Crippen LogP contribution >= 0.6 is 0 Å². The van der Waals surface area contributed by atoms with E-state index in [0.29, 0.717) is 6.42 Å². The van der Waals surface area contributed by atoms with Crippen molar-refractivity contribution in [3.05, 3.63) is 84.4 Å². The van der Waals surface area contributed by atoms with Crippen LogP contribution in [0.1, 0.15) is 51.0 Å². The summed E-state index contributed by atoms with van der Waals surface area (Å²) in [4.78, 5) is 17.0.